The molecule has 0 amide bonds. The monoisotopic (exact) mass is 327 g/mol. The Kier molecular flexibility index (Phi) is 4.20. The van der Waals surface area contributed by atoms with Gasteiger partial charge in [-0.3, -0.25) is 4.79 Å². The molecule has 0 aliphatic heterocycles. The van der Waals surface area contributed by atoms with E-state index < -0.39 is 0 Å². The van der Waals surface area contributed by atoms with E-state index in [0.29, 0.717) is 10.6 Å². The van der Waals surface area contributed by atoms with E-state index in [0.717, 1.165) is 20.7 Å². The van der Waals surface area contributed by atoms with Crippen LogP contribution in [0, 0.1) is 0 Å². The van der Waals surface area contributed by atoms with Crippen molar-refractivity contribution in [3.05, 3.63) is 51.6 Å². The lowest BCUT2D eigenvalue weighted by atomic mass is 10.2. The number of rotatable bonds is 3. The molecule has 2 rings (SSSR count). The van der Waals surface area contributed by atoms with E-state index in [-0.39, 0.29) is 0 Å². The molecule has 0 saturated heterocycles. The average Bonchev–Trinajstić information content (AvgIpc) is 2.34. The van der Waals surface area contributed by atoms with Crippen molar-refractivity contribution >= 4 is 45.6 Å². The van der Waals surface area contributed by atoms with Gasteiger partial charge in [-0.05, 0) is 40.2 Å². The van der Waals surface area contributed by atoms with Crippen LogP contribution >= 0.6 is 39.3 Å². The van der Waals surface area contributed by atoms with Gasteiger partial charge in [0.25, 0.3) is 0 Å². The number of carbonyl (C=O) groups is 1. The Morgan fingerprint density at radius 3 is 2.82 bits per heavy atom. The zero-order chi connectivity index (χ0) is 12.3. The maximum absolute atomic E-state index is 10.6. The molecule has 1 aromatic heterocycles. The Morgan fingerprint density at radius 1 is 1.35 bits per heavy atom. The number of aldehydes is 1. The van der Waals surface area contributed by atoms with Gasteiger partial charge in [-0.25, -0.2) is 4.98 Å². The molecule has 0 aliphatic carbocycles. The lowest BCUT2D eigenvalue weighted by Gasteiger charge is -2.05. The van der Waals surface area contributed by atoms with Crippen LogP contribution in [0.1, 0.15) is 10.4 Å². The molecular weight excluding hydrogens is 322 g/mol. The van der Waals surface area contributed by atoms with Crippen molar-refractivity contribution in [2.45, 2.75) is 9.92 Å². The van der Waals surface area contributed by atoms with E-state index in [1.807, 2.05) is 18.2 Å². The predicted octanol–water partition coefficient (Wildman–Crippen LogP) is 4.46. The van der Waals surface area contributed by atoms with Gasteiger partial charge in [-0.15, -0.1) is 0 Å². The number of nitrogens with zero attached hydrogens (tertiary/aromatic N) is 1. The van der Waals surface area contributed by atoms with Crippen LogP contribution in [0.4, 0.5) is 0 Å². The van der Waals surface area contributed by atoms with Crippen LogP contribution in [-0.2, 0) is 0 Å². The van der Waals surface area contributed by atoms with Gasteiger partial charge in [-0.2, -0.15) is 0 Å². The van der Waals surface area contributed by atoms with Gasteiger partial charge in [0.05, 0.1) is 9.50 Å². The van der Waals surface area contributed by atoms with Crippen molar-refractivity contribution in [1.29, 1.82) is 0 Å². The smallest absolute Gasteiger partial charge is 0.150 e. The van der Waals surface area contributed by atoms with Crippen molar-refractivity contribution in [3.8, 4) is 0 Å². The molecule has 0 unspecified atom stereocenters. The van der Waals surface area contributed by atoms with Gasteiger partial charge < -0.3 is 0 Å². The summed E-state index contributed by atoms with van der Waals surface area (Å²) in [6, 6.07) is 8.97. The molecule has 0 fully saturated rings. The third-order valence-corrected chi connectivity index (χ3v) is 4.45. The molecule has 0 radical (unpaired) electrons. The maximum Gasteiger partial charge on any atom is 0.150 e. The van der Waals surface area contributed by atoms with E-state index in [1.54, 1.807) is 18.3 Å². The number of halogens is 2. The second-order valence-electron chi connectivity index (χ2n) is 3.20. The molecule has 0 N–H and O–H groups in total. The molecular formula is C12H7BrClNOS. The fourth-order valence-corrected chi connectivity index (χ4v) is 2.81. The van der Waals surface area contributed by atoms with Crippen molar-refractivity contribution in [3.63, 3.8) is 0 Å². The van der Waals surface area contributed by atoms with Crippen LogP contribution in [0.15, 0.2) is 50.9 Å². The molecule has 0 aliphatic rings. The largest absolute Gasteiger partial charge is 0.298 e. The summed E-state index contributed by atoms with van der Waals surface area (Å²) >= 11 is 11.0. The lowest BCUT2D eigenvalue weighted by molar-refractivity contribution is 0.112. The number of pyridine rings is 1. The van der Waals surface area contributed by atoms with Crippen LogP contribution in [0.2, 0.25) is 5.02 Å². The highest BCUT2D eigenvalue weighted by atomic mass is 79.9. The zero-order valence-electron chi connectivity index (χ0n) is 8.56. The highest BCUT2D eigenvalue weighted by Gasteiger charge is 2.07. The quantitative estimate of drug-likeness (QED) is 0.779. The normalized spacial score (nSPS) is 10.2. The summed E-state index contributed by atoms with van der Waals surface area (Å²) < 4.78 is 0.917. The first-order valence-corrected chi connectivity index (χ1v) is 6.72. The third-order valence-electron chi connectivity index (χ3n) is 2.02. The average molecular weight is 329 g/mol. The minimum absolute atomic E-state index is 0.553. The number of carbonyl (C=O) groups excluding carboxylic acids is 1. The first-order chi connectivity index (χ1) is 8.20. The predicted molar refractivity (Wildman–Crippen MR) is 72.9 cm³/mol. The van der Waals surface area contributed by atoms with Gasteiger partial charge in [0.2, 0.25) is 0 Å². The third kappa shape index (κ3) is 3.09. The summed E-state index contributed by atoms with van der Waals surface area (Å²) in [7, 11) is 0. The first kappa shape index (κ1) is 12.6. The molecule has 0 spiro atoms. The Bertz CT molecular complexity index is 562. The SMILES string of the molecule is O=Cc1ccc(Sc2ncccc2Br)c(Cl)c1. The Hall–Kier alpha value is -0.840. The topological polar surface area (TPSA) is 30.0 Å². The summed E-state index contributed by atoms with van der Waals surface area (Å²) in [5.74, 6) is 0. The summed E-state index contributed by atoms with van der Waals surface area (Å²) in [5.41, 5.74) is 0.569. The van der Waals surface area contributed by atoms with Crippen molar-refractivity contribution in [1.82, 2.24) is 4.98 Å². The maximum atomic E-state index is 10.6. The van der Waals surface area contributed by atoms with E-state index in [9.17, 15) is 4.79 Å². The van der Waals surface area contributed by atoms with Crippen molar-refractivity contribution < 1.29 is 4.79 Å². The molecule has 2 nitrogen and oxygen atoms in total. The molecule has 0 bridgehead atoms. The Labute approximate surface area is 117 Å². The minimum atomic E-state index is 0.553. The van der Waals surface area contributed by atoms with E-state index in [1.165, 1.54) is 11.8 Å². The highest BCUT2D eigenvalue weighted by Crippen LogP contribution is 2.35. The molecule has 5 heteroatoms. The summed E-state index contributed by atoms with van der Waals surface area (Å²) in [5, 5.41) is 1.39. The zero-order valence-corrected chi connectivity index (χ0v) is 11.7. The molecule has 0 saturated carbocycles. The molecule has 1 aromatic carbocycles. The molecule has 17 heavy (non-hydrogen) atoms. The van der Waals surface area contributed by atoms with Crippen LogP contribution < -0.4 is 0 Å². The summed E-state index contributed by atoms with van der Waals surface area (Å²) in [4.78, 5) is 15.7. The fraction of sp³-hybridized carbons (Fsp3) is 0. The van der Waals surface area contributed by atoms with Gasteiger partial charge in [0.15, 0.2) is 0 Å². The lowest BCUT2D eigenvalue weighted by Crippen LogP contribution is -1.84. The highest BCUT2D eigenvalue weighted by molar-refractivity contribution is 9.10. The standard InChI is InChI=1S/C12H7BrClNOS/c13-9-2-1-5-15-12(9)17-11-4-3-8(7-16)6-10(11)14/h1-7H. The Morgan fingerprint density at radius 2 is 2.18 bits per heavy atom. The first-order valence-electron chi connectivity index (χ1n) is 4.74. The van der Waals surface area contributed by atoms with Gasteiger partial charge in [0, 0.05) is 16.7 Å². The Balaban J connectivity index is 2.31. The number of hydrogen-bond acceptors (Lipinski definition) is 3. The van der Waals surface area contributed by atoms with Crippen molar-refractivity contribution in [2.24, 2.45) is 0 Å². The van der Waals surface area contributed by atoms with Crippen molar-refractivity contribution in [2.75, 3.05) is 0 Å². The summed E-state index contributed by atoms with van der Waals surface area (Å²) in [6.45, 7) is 0. The second kappa shape index (κ2) is 5.67. The van der Waals surface area contributed by atoms with Gasteiger partial charge in [0.1, 0.15) is 11.3 Å². The van der Waals surface area contributed by atoms with E-state index >= 15 is 0 Å². The number of hydrogen-bond donors (Lipinski definition) is 0. The van der Waals surface area contributed by atoms with Crippen LogP contribution in [-0.4, -0.2) is 11.3 Å². The number of benzene rings is 1. The number of aromatic nitrogens is 1. The second-order valence-corrected chi connectivity index (χ2v) is 5.49. The van der Waals surface area contributed by atoms with Crippen LogP contribution in [0.3, 0.4) is 0 Å². The van der Waals surface area contributed by atoms with Gasteiger partial charge in [-0.1, -0.05) is 29.4 Å². The van der Waals surface area contributed by atoms with E-state index in [4.69, 9.17) is 11.6 Å². The van der Waals surface area contributed by atoms with Gasteiger partial charge >= 0.3 is 0 Å². The van der Waals surface area contributed by atoms with Crippen LogP contribution in [0.5, 0.6) is 0 Å². The van der Waals surface area contributed by atoms with E-state index in [2.05, 4.69) is 20.9 Å². The molecule has 0 atom stereocenters. The molecule has 2 aromatic rings. The molecule has 86 valence electrons. The molecule has 1 heterocycles. The minimum Gasteiger partial charge on any atom is -0.298 e. The van der Waals surface area contributed by atoms with Crippen LogP contribution in [0.25, 0.3) is 0 Å². The fourth-order valence-electron chi connectivity index (χ4n) is 1.22. The summed E-state index contributed by atoms with van der Waals surface area (Å²) in [6.07, 6.45) is 2.50.